The molecule has 1 N–H and O–H groups in total. The van der Waals surface area contributed by atoms with Crippen LogP contribution in [0.1, 0.15) is 21.1 Å². The molecule has 2 heterocycles. The van der Waals surface area contributed by atoms with Gasteiger partial charge >= 0.3 is 12.1 Å². The van der Waals surface area contributed by atoms with Crippen molar-refractivity contribution >= 4 is 17.3 Å². The van der Waals surface area contributed by atoms with Crippen molar-refractivity contribution < 1.29 is 27.8 Å². The van der Waals surface area contributed by atoms with Gasteiger partial charge < -0.3 is 9.84 Å². The summed E-state index contributed by atoms with van der Waals surface area (Å²) in [7, 11) is 1.19. The number of carboxylic acids is 1. The van der Waals surface area contributed by atoms with Gasteiger partial charge in [-0.2, -0.15) is 13.2 Å². The van der Waals surface area contributed by atoms with E-state index in [1.165, 1.54) is 13.2 Å². The first-order valence-electron chi connectivity index (χ1n) is 5.57. The third kappa shape index (κ3) is 2.97. The number of alkyl halides is 3. The Morgan fingerprint density at radius 1 is 1.33 bits per heavy atom. The topological polar surface area (TPSA) is 72.3 Å². The molecule has 0 spiro atoms. The average Bonchev–Trinajstić information content (AvgIpc) is 2.79. The number of aromatic nitrogens is 2. The molecular weight excluding hydrogens is 309 g/mol. The lowest BCUT2D eigenvalue weighted by Crippen LogP contribution is -2.09. The van der Waals surface area contributed by atoms with E-state index in [1.807, 2.05) is 0 Å². The summed E-state index contributed by atoms with van der Waals surface area (Å²) < 4.78 is 42.7. The summed E-state index contributed by atoms with van der Waals surface area (Å²) in [5.74, 6) is -1.45. The Morgan fingerprint density at radius 2 is 2.00 bits per heavy atom. The fraction of sp³-hybridized carbons (Fsp3) is 0.250. The monoisotopic (exact) mass is 318 g/mol. The van der Waals surface area contributed by atoms with E-state index in [9.17, 15) is 18.0 Å². The molecule has 0 saturated carbocycles. The van der Waals surface area contributed by atoms with E-state index < -0.39 is 17.8 Å². The third-order valence-electron chi connectivity index (χ3n) is 2.57. The average molecular weight is 318 g/mol. The number of carbonyl (C=O) groups is 1. The second kappa shape index (κ2) is 5.32. The molecule has 2 aromatic rings. The van der Waals surface area contributed by atoms with Crippen LogP contribution in [-0.2, 0) is 6.18 Å². The molecule has 0 saturated heterocycles. The molecule has 0 aliphatic rings. The molecule has 9 heteroatoms. The van der Waals surface area contributed by atoms with E-state index in [0.717, 1.165) is 17.4 Å². The molecule has 0 bridgehead atoms. The Morgan fingerprint density at radius 3 is 2.48 bits per heavy atom. The number of hydrogen-bond donors (Lipinski definition) is 1. The normalized spacial score (nSPS) is 11.5. The van der Waals surface area contributed by atoms with Crippen LogP contribution >= 0.6 is 11.3 Å². The largest absolute Gasteiger partial charge is 0.480 e. The quantitative estimate of drug-likeness (QED) is 0.940. The predicted octanol–water partition coefficient (Wildman–Crippen LogP) is 3.24. The highest BCUT2D eigenvalue weighted by atomic mass is 32.1. The lowest BCUT2D eigenvalue weighted by atomic mass is 10.2. The van der Waals surface area contributed by atoms with Gasteiger partial charge in [0.05, 0.1) is 12.7 Å². The molecule has 0 amide bonds. The highest BCUT2D eigenvalue weighted by molar-refractivity contribution is 7.15. The van der Waals surface area contributed by atoms with Crippen LogP contribution in [-0.4, -0.2) is 28.2 Å². The van der Waals surface area contributed by atoms with Gasteiger partial charge in [0, 0.05) is 4.88 Å². The van der Waals surface area contributed by atoms with Crippen LogP contribution in [0.5, 0.6) is 5.88 Å². The lowest BCUT2D eigenvalue weighted by molar-refractivity contribution is -0.141. The van der Waals surface area contributed by atoms with E-state index in [4.69, 9.17) is 9.84 Å². The minimum Gasteiger partial charge on any atom is -0.480 e. The van der Waals surface area contributed by atoms with Gasteiger partial charge in [-0.15, -0.1) is 11.3 Å². The van der Waals surface area contributed by atoms with Gasteiger partial charge in [0.1, 0.15) is 10.7 Å². The van der Waals surface area contributed by atoms with E-state index in [2.05, 4.69) is 9.97 Å². The summed E-state index contributed by atoms with van der Waals surface area (Å²) >= 11 is 1.05. The number of rotatable bonds is 3. The number of thiazole rings is 1. The molecule has 0 aliphatic carbocycles. The number of aromatic carboxylic acids is 1. The van der Waals surface area contributed by atoms with Crippen molar-refractivity contribution in [2.45, 2.75) is 13.1 Å². The molecule has 0 aliphatic heterocycles. The van der Waals surface area contributed by atoms with Gasteiger partial charge in [0.2, 0.25) is 5.88 Å². The maximum absolute atomic E-state index is 12.6. The minimum absolute atomic E-state index is 0.142. The summed E-state index contributed by atoms with van der Waals surface area (Å²) in [5.41, 5.74) is -1.02. The maximum Gasteiger partial charge on any atom is 0.433 e. The van der Waals surface area contributed by atoms with Gasteiger partial charge in [-0.3, -0.25) is 0 Å². The Kier molecular flexibility index (Phi) is 3.86. The molecular formula is C12H9F3N2O3S. The lowest BCUT2D eigenvalue weighted by Gasteiger charge is -2.09. The van der Waals surface area contributed by atoms with E-state index in [1.54, 1.807) is 6.92 Å². The number of hydrogen-bond acceptors (Lipinski definition) is 5. The Labute approximate surface area is 121 Å². The predicted molar refractivity (Wildman–Crippen MR) is 68.6 cm³/mol. The number of ether oxygens (including phenoxy) is 1. The number of methoxy groups -OCH3 is 1. The van der Waals surface area contributed by atoms with Crippen LogP contribution in [0.25, 0.3) is 10.6 Å². The molecule has 112 valence electrons. The van der Waals surface area contributed by atoms with Crippen molar-refractivity contribution in [3.63, 3.8) is 0 Å². The second-order valence-electron chi connectivity index (χ2n) is 3.98. The van der Waals surface area contributed by atoms with Crippen molar-refractivity contribution in [3.05, 3.63) is 28.4 Å². The molecule has 0 atom stereocenters. The highest BCUT2D eigenvalue weighted by Gasteiger charge is 2.33. The standard InChI is InChI=1S/C12H9F3N2O3S/c1-5-8(11(18)19)17-10(21-5)6-3-4-7(12(13,14)15)16-9(6)20-2/h3-4H,1-2H3,(H,18,19). The number of nitrogens with zero attached hydrogens (tertiary/aromatic N) is 2. The van der Waals surface area contributed by atoms with Crippen LogP contribution in [0.3, 0.4) is 0 Å². The SMILES string of the molecule is COc1nc(C(F)(F)F)ccc1-c1nc(C(=O)O)c(C)s1. The van der Waals surface area contributed by atoms with Gasteiger partial charge in [-0.1, -0.05) is 0 Å². The van der Waals surface area contributed by atoms with Crippen molar-refractivity contribution in [1.29, 1.82) is 0 Å². The summed E-state index contributed by atoms with van der Waals surface area (Å²) in [4.78, 5) is 18.7. The molecule has 2 rings (SSSR count). The zero-order valence-electron chi connectivity index (χ0n) is 10.9. The molecule has 0 unspecified atom stereocenters. The van der Waals surface area contributed by atoms with E-state index >= 15 is 0 Å². The first-order chi connectivity index (χ1) is 9.74. The summed E-state index contributed by atoms with van der Waals surface area (Å²) in [6, 6.07) is 1.97. The molecule has 0 aromatic carbocycles. The molecule has 0 fully saturated rings. The minimum atomic E-state index is -4.59. The highest BCUT2D eigenvalue weighted by Crippen LogP contribution is 2.36. The Hall–Kier alpha value is -2.16. The number of carboxylic acid groups (broad SMARTS) is 1. The summed E-state index contributed by atoms with van der Waals surface area (Å²) in [6.07, 6.45) is -4.59. The van der Waals surface area contributed by atoms with Crippen LogP contribution in [0.2, 0.25) is 0 Å². The zero-order valence-corrected chi connectivity index (χ0v) is 11.7. The van der Waals surface area contributed by atoms with Crippen molar-refractivity contribution in [2.24, 2.45) is 0 Å². The van der Waals surface area contributed by atoms with Gasteiger partial charge in [-0.25, -0.2) is 14.8 Å². The summed E-state index contributed by atoms with van der Waals surface area (Å²) in [6.45, 7) is 1.56. The van der Waals surface area contributed by atoms with Crippen molar-refractivity contribution in [3.8, 4) is 16.5 Å². The first-order valence-corrected chi connectivity index (χ1v) is 6.39. The number of halogens is 3. The van der Waals surface area contributed by atoms with Crippen LogP contribution in [0.4, 0.5) is 13.2 Å². The number of pyridine rings is 1. The summed E-state index contributed by atoms with van der Waals surface area (Å²) in [5, 5.41) is 9.19. The van der Waals surface area contributed by atoms with Crippen LogP contribution < -0.4 is 4.74 Å². The zero-order chi connectivity index (χ0) is 15.8. The van der Waals surface area contributed by atoms with Gasteiger partial charge in [-0.05, 0) is 19.1 Å². The fourth-order valence-electron chi connectivity index (χ4n) is 1.63. The van der Waals surface area contributed by atoms with Crippen LogP contribution in [0, 0.1) is 6.92 Å². The van der Waals surface area contributed by atoms with Crippen molar-refractivity contribution in [1.82, 2.24) is 9.97 Å². The second-order valence-corrected chi connectivity index (χ2v) is 5.18. The smallest absolute Gasteiger partial charge is 0.433 e. The Balaban J connectivity index is 2.54. The van der Waals surface area contributed by atoms with Crippen LogP contribution in [0.15, 0.2) is 12.1 Å². The molecule has 0 radical (unpaired) electrons. The molecule has 5 nitrogen and oxygen atoms in total. The molecule has 21 heavy (non-hydrogen) atoms. The van der Waals surface area contributed by atoms with Gasteiger partial charge in [0.25, 0.3) is 0 Å². The number of aryl methyl sites for hydroxylation is 1. The molecule has 2 aromatic heterocycles. The van der Waals surface area contributed by atoms with E-state index in [-0.39, 0.29) is 22.1 Å². The Bertz CT molecular complexity index is 698. The van der Waals surface area contributed by atoms with Crippen molar-refractivity contribution in [2.75, 3.05) is 7.11 Å². The first kappa shape index (κ1) is 15.2. The van der Waals surface area contributed by atoms with E-state index in [0.29, 0.717) is 4.88 Å². The van der Waals surface area contributed by atoms with Gasteiger partial charge in [0.15, 0.2) is 5.69 Å². The maximum atomic E-state index is 12.6. The third-order valence-corrected chi connectivity index (χ3v) is 3.58. The fourth-order valence-corrected chi connectivity index (χ4v) is 2.55.